The number of phenols is 1. The van der Waals surface area contributed by atoms with Gasteiger partial charge in [-0.15, -0.1) is 11.6 Å². The van der Waals surface area contributed by atoms with Crippen molar-refractivity contribution in [3.05, 3.63) is 35.9 Å². The molecule has 2 nitrogen and oxygen atoms in total. The highest BCUT2D eigenvalue weighted by molar-refractivity contribution is 6.22. The van der Waals surface area contributed by atoms with Crippen LogP contribution in [0.3, 0.4) is 0 Å². The third kappa shape index (κ3) is 1.49. The van der Waals surface area contributed by atoms with E-state index in [1.807, 2.05) is 24.3 Å². The molecule has 17 heavy (non-hydrogen) atoms. The number of anilines is 1. The third-order valence-electron chi connectivity index (χ3n) is 3.36. The topological polar surface area (TPSA) is 23.5 Å². The first-order valence-corrected chi connectivity index (χ1v) is 6.08. The monoisotopic (exact) mass is 243 g/mol. The van der Waals surface area contributed by atoms with Gasteiger partial charge in [0.15, 0.2) is 0 Å². The smallest absolute Gasteiger partial charge is 0.226 e. The molecular formula is C13H11BClNO. The molecule has 4 heteroatoms. The van der Waals surface area contributed by atoms with Crippen molar-refractivity contribution in [3.8, 4) is 5.75 Å². The largest absolute Gasteiger partial charge is 0.507 e. The van der Waals surface area contributed by atoms with E-state index in [-0.39, 0.29) is 11.7 Å². The van der Waals surface area contributed by atoms with E-state index in [2.05, 4.69) is 0 Å². The highest BCUT2D eigenvalue weighted by atomic mass is 35.5. The van der Waals surface area contributed by atoms with Crippen molar-refractivity contribution >= 4 is 36.0 Å². The lowest BCUT2D eigenvalue weighted by molar-refractivity contribution is 0.482. The van der Waals surface area contributed by atoms with E-state index in [1.165, 1.54) is 0 Å². The molecule has 0 fully saturated rings. The molecule has 0 aliphatic carbocycles. The Labute approximate surface area is 106 Å². The maximum absolute atomic E-state index is 10.00. The minimum Gasteiger partial charge on any atom is -0.507 e. The van der Waals surface area contributed by atoms with Crippen LogP contribution in [-0.2, 0) is 0 Å². The van der Waals surface area contributed by atoms with Crippen LogP contribution in [0, 0.1) is 0 Å². The Hall–Kier alpha value is -1.35. The lowest BCUT2D eigenvalue weighted by Gasteiger charge is -2.14. The minimum atomic E-state index is 0.224. The van der Waals surface area contributed by atoms with Crippen LogP contribution in [0.1, 0.15) is 11.5 Å². The molecule has 0 aromatic heterocycles. The zero-order valence-corrected chi connectivity index (χ0v) is 9.98. The summed E-state index contributed by atoms with van der Waals surface area (Å²) in [6.07, 6.45) is 0. The maximum atomic E-state index is 10.00. The number of hydrogen-bond acceptors (Lipinski definition) is 2. The molecule has 1 N–H and O–H groups in total. The van der Waals surface area contributed by atoms with Crippen LogP contribution in [0.4, 0.5) is 5.69 Å². The summed E-state index contributed by atoms with van der Waals surface area (Å²) in [5.41, 5.74) is 2.03. The van der Waals surface area contributed by atoms with Gasteiger partial charge in [0.1, 0.15) is 5.75 Å². The van der Waals surface area contributed by atoms with E-state index in [9.17, 15) is 5.11 Å². The lowest BCUT2D eigenvalue weighted by atomic mass is 9.95. The fourth-order valence-electron chi connectivity index (χ4n) is 2.58. The predicted octanol–water partition coefficient (Wildman–Crippen LogP) is 2.77. The van der Waals surface area contributed by atoms with Gasteiger partial charge in [-0.3, -0.25) is 0 Å². The Kier molecular flexibility index (Phi) is 2.44. The van der Waals surface area contributed by atoms with Crippen molar-refractivity contribution in [2.45, 2.75) is 5.92 Å². The van der Waals surface area contributed by atoms with Crippen LogP contribution in [0.2, 0.25) is 0 Å². The van der Waals surface area contributed by atoms with Gasteiger partial charge in [-0.1, -0.05) is 24.3 Å². The zero-order chi connectivity index (χ0) is 12.0. The summed E-state index contributed by atoms with van der Waals surface area (Å²) >= 11 is 6.00. The molecule has 0 bridgehead atoms. The van der Waals surface area contributed by atoms with Crippen molar-refractivity contribution in [2.24, 2.45) is 0 Å². The molecule has 84 valence electrons. The summed E-state index contributed by atoms with van der Waals surface area (Å²) in [5, 5.41) is 11.9. The highest BCUT2D eigenvalue weighted by Crippen LogP contribution is 2.44. The quantitative estimate of drug-likeness (QED) is 0.615. The molecule has 1 aliphatic heterocycles. The second-order valence-corrected chi connectivity index (χ2v) is 4.69. The fourth-order valence-corrected chi connectivity index (χ4v) is 2.84. The number of hydrogen-bond donors (Lipinski definition) is 1. The number of nitrogens with zero attached hydrogens (tertiary/aromatic N) is 1. The number of fused-ring (bicyclic) bond motifs is 3. The summed E-state index contributed by atoms with van der Waals surface area (Å²) in [5.74, 6) is 1.03. The molecule has 2 aromatic rings. The van der Waals surface area contributed by atoms with Crippen LogP contribution in [0.25, 0.3) is 10.8 Å². The summed E-state index contributed by atoms with van der Waals surface area (Å²) < 4.78 is 0. The molecule has 1 unspecified atom stereocenters. The number of benzene rings is 2. The third-order valence-corrected chi connectivity index (χ3v) is 3.74. The number of phenolic OH excluding ortho intramolecular Hbond substituents is 1. The van der Waals surface area contributed by atoms with E-state index >= 15 is 0 Å². The van der Waals surface area contributed by atoms with Crippen LogP contribution in [0.15, 0.2) is 30.3 Å². The summed E-state index contributed by atoms with van der Waals surface area (Å²) in [6, 6.07) is 9.53. The number of halogens is 1. The Bertz CT molecular complexity index is 587. The zero-order valence-electron chi connectivity index (χ0n) is 9.23. The predicted molar refractivity (Wildman–Crippen MR) is 72.2 cm³/mol. The fraction of sp³-hybridized carbons (Fsp3) is 0.231. The van der Waals surface area contributed by atoms with Gasteiger partial charge in [-0.05, 0) is 10.9 Å². The van der Waals surface area contributed by atoms with Crippen molar-refractivity contribution in [2.75, 3.05) is 17.2 Å². The average Bonchev–Trinajstić information content (AvgIpc) is 2.67. The van der Waals surface area contributed by atoms with E-state index in [4.69, 9.17) is 19.6 Å². The molecular weight excluding hydrogens is 232 g/mol. The molecule has 1 atom stereocenters. The minimum absolute atomic E-state index is 0.224. The van der Waals surface area contributed by atoms with Gasteiger partial charge in [0.25, 0.3) is 0 Å². The first-order valence-electron chi connectivity index (χ1n) is 5.55. The second kappa shape index (κ2) is 3.85. The molecule has 0 saturated heterocycles. The normalized spacial score (nSPS) is 18.6. The van der Waals surface area contributed by atoms with E-state index in [0.29, 0.717) is 12.4 Å². The van der Waals surface area contributed by atoms with Crippen LogP contribution in [-0.4, -0.2) is 25.5 Å². The van der Waals surface area contributed by atoms with E-state index in [1.54, 1.807) is 10.9 Å². The van der Waals surface area contributed by atoms with Crippen molar-refractivity contribution in [3.63, 3.8) is 0 Å². The molecule has 3 rings (SSSR count). The molecule has 2 aromatic carbocycles. The van der Waals surface area contributed by atoms with Crippen LogP contribution >= 0.6 is 11.6 Å². The molecule has 1 heterocycles. The standard InChI is InChI=1S/C13H11BClNO/c14-16-7-8(6-15)13-10-4-2-1-3-9(10)12(17)5-11(13)16/h1-5,8,17H,6-7H2. The lowest BCUT2D eigenvalue weighted by Crippen LogP contribution is -2.17. The summed E-state index contributed by atoms with van der Waals surface area (Å²) in [4.78, 5) is 1.66. The van der Waals surface area contributed by atoms with E-state index < -0.39 is 0 Å². The van der Waals surface area contributed by atoms with Crippen LogP contribution < -0.4 is 4.81 Å². The second-order valence-electron chi connectivity index (χ2n) is 4.38. The Balaban J connectivity index is 2.38. The van der Waals surface area contributed by atoms with Gasteiger partial charge in [0.05, 0.1) is 0 Å². The molecule has 1 aliphatic rings. The molecule has 0 saturated carbocycles. The van der Waals surface area contributed by atoms with Gasteiger partial charge >= 0.3 is 0 Å². The maximum Gasteiger partial charge on any atom is 0.226 e. The first kappa shape index (κ1) is 10.8. The average molecular weight is 244 g/mol. The SMILES string of the molecule is [B]N1CC(CCl)c2c1cc(O)c1ccccc21. The Morgan fingerprint density at radius 2 is 2.06 bits per heavy atom. The van der Waals surface area contributed by atoms with Gasteiger partial charge in [0, 0.05) is 35.5 Å². The number of aromatic hydroxyl groups is 1. The van der Waals surface area contributed by atoms with Gasteiger partial charge < -0.3 is 9.92 Å². The van der Waals surface area contributed by atoms with Crippen molar-refractivity contribution in [1.82, 2.24) is 0 Å². The van der Waals surface area contributed by atoms with Crippen LogP contribution in [0.5, 0.6) is 5.75 Å². The molecule has 0 amide bonds. The Morgan fingerprint density at radius 3 is 2.76 bits per heavy atom. The van der Waals surface area contributed by atoms with Gasteiger partial charge in [-0.25, -0.2) is 0 Å². The first-order chi connectivity index (χ1) is 8.22. The van der Waals surface area contributed by atoms with Gasteiger partial charge in [0.2, 0.25) is 7.98 Å². The number of alkyl halides is 1. The summed E-state index contributed by atoms with van der Waals surface area (Å²) in [7, 11) is 5.94. The molecule has 2 radical (unpaired) electrons. The summed E-state index contributed by atoms with van der Waals surface area (Å²) in [6.45, 7) is 0.701. The Morgan fingerprint density at radius 1 is 1.35 bits per heavy atom. The number of rotatable bonds is 1. The van der Waals surface area contributed by atoms with Crippen molar-refractivity contribution in [1.29, 1.82) is 0 Å². The van der Waals surface area contributed by atoms with Gasteiger partial charge in [-0.2, -0.15) is 0 Å². The van der Waals surface area contributed by atoms with E-state index in [0.717, 1.165) is 22.0 Å². The molecule has 0 spiro atoms. The highest BCUT2D eigenvalue weighted by Gasteiger charge is 2.28. The van der Waals surface area contributed by atoms with Crippen molar-refractivity contribution < 1.29 is 5.11 Å².